The van der Waals surface area contributed by atoms with Gasteiger partial charge >= 0.3 is 0 Å². The Balaban J connectivity index is 2.38. The Labute approximate surface area is 86.6 Å². The largest absolute Gasteiger partial charge is 0.341 e. The maximum absolute atomic E-state index is 11.7. The molecule has 0 radical (unpaired) electrons. The Morgan fingerprint density at radius 2 is 2.21 bits per heavy atom. The lowest BCUT2D eigenvalue weighted by molar-refractivity contribution is -0.133. The highest BCUT2D eigenvalue weighted by atomic mass is 16.2. The van der Waals surface area contributed by atoms with Crippen molar-refractivity contribution in [1.82, 2.24) is 4.90 Å². The second-order valence-electron chi connectivity index (χ2n) is 4.50. The molecule has 2 unspecified atom stereocenters. The van der Waals surface area contributed by atoms with Gasteiger partial charge < -0.3 is 10.6 Å². The first-order valence-electron chi connectivity index (χ1n) is 5.66. The summed E-state index contributed by atoms with van der Waals surface area (Å²) in [5, 5.41) is 0. The zero-order valence-corrected chi connectivity index (χ0v) is 9.33. The fraction of sp³-hybridized carbons (Fsp3) is 0.909. The summed E-state index contributed by atoms with van der Waals surface area (Å²) in [6.07, 6.45) is 3.83. The summed E-state index contributed by atoms with van der Waals surface area (Å²) in [5.74, 6) is 0.846. The van der Waals surface area contributed by atoms with Crippen LogP contribution < -0.4 is 5.73 Å². The first kappa shape index (κ1) is 11.5. The van der Waals surface area contributed by atoms with Gasteiger partial charge in [0.2, 0.25) is 5.91 Å². The number of carbonyl (C=O) groups excluding carboxylic acids is 1. The van der Waals surface area contributed by atoms with E-state index in [1.807, 2.05) is 4.90 Å². The lowest BCUT2D eigenvalue weighted by atomic mass is 9.96. The standard InChI is InChI=1S/C11H22N2O/c1-3-4-5-11(14)13-7-9(2)6-10(12)8-13/h9-10H,3-8,12H2,1-2H3. The third kappa shape index (κ3) is 3.29. The molecule has 0 aromatic rings. The minimum Gasteiger partial charge on any atom is -0.341 e. The van der Waals surface area contributed by atoms with Crippen molar-refractivity contribution < 1.29 is 4.79 Å². The number of nitrogens with zero attached hydrogens (tertiary/aromatic N) is 1. The smallest absolute Gasteiger partial charge is 0.222 e. The van der Waals surface area contributed by atoms with Gasteiger partial charge in [0.25, 0.3) is 0 Å². The molecular weight excluding hydrogens is 176 g/mol. The maximum Gasteiger partial charge on any atom is 0.222 e. The first-order valence-corrected chi connectivity index (χ1v) is 5.66. The molecule has 2 atom stereocenters. The number of amides is 1. The van der Waals surface area contributed by atoms with E-state index in [9.17, 15) is 4.79 Å². The molecule has 1 heterocycles. The Hall–Kier alpha value is -0.570. The van der Waals surface area contributed by atoms with Gasteiger partial charge in [-0.25, -0.2) is 0 Å². The van der Waals surface area contributed by atoms with Gasteiger partial charge in [-0.2, -0.15) is 0 Å². The predicted octanol–water partition coefficient (Wildman–Crippen LogP) is 1.37. The van der Waals surface area contributed by atoms with Crippen molar-refractivity contribution in [3.8, 4) is 0 Å². The highest BCUT2D eigenvalue weighted by Gasteiger charge is 2.24. The molecule has 1 rings (SSSR count). The molecule has 3 nitrogen and oxygen atoms in total. The van der Waals surface area contributed by atoms with E-state index in [0.29, 0.717) is 12.3 Å². The molecule has 1 aliphatic heterocycles. The minimum absolute atomic E-state index is 0.185. The molecule has 2 N–H and O–H groups in total. The van der Waals surface area contributed by atoms with Crippen LogP contribution in [-0.2, 0) is 4.79 Å². The van der Waals surface area contributed by atoms with Crippen LogP contribution in [0.4, 0.5) is 0 Å². The number of nitrogens with two attached hydrogens (primary N) is 1. The summed E-state index contributed by atoms with van der Waals surface area (Å²) in [6.45, 7) is 5.93. The normalized spacial score (nSPS) is 27.8. The van der Waals surface area contributed by atoms with Crippen molar-refractivity contribution in [2.24, 2.45) is 11.7 Å². The second-order valence-corrected chi connectivity index (χ2v) is 4.50. The van der Waals surface area contributed by atoms with Crippen LogP contribution in [0.25, 0.3) is 0 Å². The van der Waals surface area contributed by atoms with E-state index in [2.05, 4.69) is 13.8 Å². The first-order chi connectivity index (χ1) is 6.63. The van der Waals surface area contributed by atoms with E-state index in [4.69, 9.17) is 5.73 Å². The molecule has 14 heavy (non-hydrogen) atoms. The molecule has 0 aromatic carbocycles. The second kappa shape index (κ2) is 5.35. The molecule has 0 spiro atoms. The molecule has 0 saturated carbocycles. The topological polar surface area (TPSA) is 46.3 Å². The van der Waals surface area contributed by atoms with Gasteiger partial charge in [0.05, 0.1) is 0 Å². The van der Waals surface area contributed by atoms with Gasteiger partial charge in [0.15, 0.2) is 0 Å². The fourth-order valence-electron chi connectivity index (χ4n) is 2.09. The third-order valence-corrected chi connectivity index (χ3v) is 2.79. The summed E-state index contributed by atoms with van der Waals surface area (Å²) in [6, 6.07) is 0.185. The van der Waals surface area contributed by atoms with E-state index >= 15 is 0 Å². The maximum atomic E-state index is 11.7. The SMILES string of the molecule is CCCCC(=O)N1CC(C)CC(N)C1. The molecule has 0 aromatic heterocycles. The van der Waals surface area contributed by atoms with Gasteiger partial charge in [0, 0.05) is 25.6 Å². The number of piperidine rings is 1. The zero-order valence-electron chi connectivity index (χ0n) is 9.33. The van der Waals surface area contributed by atoms with Gasteiger partial charge in [-0.15, -0.1) is 0 Å². The van der Waals surface area contributed by atoms with Crippen LogP contribution in [0.3, 0.4) is 0 Å². The Bertz CT molecular complexity index is 184. The number of unbranched alkanes of at least 4 members (excludes halogenated alkanes) is 1. The lowest BCUT2D eigenvalue weighted by Crippen LogP contribution is -2.48. The number of carbonyl (C=O) groups is 1. The molecule has 1 amide bonds. The van der Waals surface area contributed by atoms with E-state index in [-0.39, 0.29) is 11.9 Å². The summed E-state index contributed by atoms with van der Waals surface area (Å²) >= 11 is 0. The van der Waals surface area contributed by atoms with E-state index in [1.54, 1.807) is 0 Å². The minimum atomic E-state index is 0.185. The van der Waals surface area contributed by atoms with Crippen molar-refractivity contribution >= 4 is 5.91 Å². The van der Waals surface area contributed by atoms with Crippen molar-refractivity contribution in [3.63, 3.8) is 0 Å². The molecule has 0 bridgehead atoms. The monoisotopic (exact) mass is 198 g/mol. The predicted molar refractivity (Wildman–Crippen MR) is 57.9 cm³/mol. The van der Waals surface area contributed by atoms with Crippen LogP contribution in [0.15, 0.2) is 0 Å². The molecule has 82 valence electrons. The average Bonchev–Trinajstić information content (AvgIpc) is 2.12. The molecule has 0 aliphatic carbocycles. The summed E-state index contributed by atoms with van der Waals surface area (Å²) in [7, 11) is 0. The Morgan fingerprint density at radius 1 is 1.50 bits per heavy atom. The van der Waals surface area contributed by atoms with Crippen LogP contribution in [0.2, 0.25) is 0 Å². The van der Waals surface area contributed by atoms with Gasteiger partial charge in [-0.3, -0.25) is 4.79 Å². The molecule has 3 heteroatoms. The third-order valence-electron chi connectivity index (χ3n) is 2.79. The highest BCUT2D eigenvalue weighted by molar-refractivity contribution is 5.76. The lowest BCUT2D eigenvalue weighted by Gasteiger charge is -2.34. The van der Waals surface area contributed by atoms with Gasteiger partial charge in [-0.1, -0.05) is 20.3 Å². The average molecular weight is 198 g/mol. The van der Waals surface area contributed by atoms with E-state index in [0.717, 1.165) is 32.4 Å². The van der Waals surface area contributed by atoms with E-state index < -0.39 is 0 Å². The van der Waals surface area contributed by atoms with Crippen molar-refractivity contribution in [2.45, 2.75) is 45.6 Å². The quantitative estimate of drug-likeness (QED) is 0.744. The van der Waals surface area contributed by atoms with Crippen LogP contribution in [-0.4, -0.2) is 29.9 Å². The summed E-state index contributed by atoms with van der Waals surface area (Å²) in [5.41, 5.74) is 5.89. The van der Waals surface area contributed by atoms with Crippen molar-refractivity contribution in [2.75, 3.05) is 13.1 Å². The van der Waals surface area contributed by atoms with Gasteiger partial charge in [0.1, 0.15) is 0 Å². The van der Waals surface area contributed by atoms with Crippen LogP contribution >= 0.6 is 0 Å². The number of hydrogen-bond acceptors (Lipinski definition) is 2. The van der Waals surface area contributed by atoms with Crippen LogP contribution in [0.5, 0.6) is 0 Å². The number of hydrogen-bond donors (Lipinski definition) is 1. The summed E-state index contributed by atoms with van der Waals surface area (Å²) in [4.78, 5) is 13.7. The van der Waals surface area contributed by atoms with Gasteiger partial charge in [-0.05, 0) is 18.8 Å². The van der Waals surface area contributed by atoms with E-state index in [1.165, 1.54) is 0 Å². The van der Waals surface area contributed by atoms with Crippen molar-refractivity contribution in [3.05, 3.63) is 0 Å². The molecule has 1 saturated heterocycles. The Morgan fingerprint density at radius 3 is 2.79 bits per heavy atom. The Kier molecular flexibility index (Phi) is 4.39. The highest BCUT2D eigenvalue weighted by Crippen LogP contribution is 2.16. The summed E-state index contributed by atoms with van der Waals surface area (Å²) < 4.78 is 0. The molecule has 1 fully saturated rings. The molecular formula is C11H22N2O. The van der Waals surface area contributed by atoms with Crippen LogP contribution in [0.1, 0.15) is 39.5 Å². The van der Waals surface area contributed by atoms with Crippen molar-refractivity contribution in [1.29, 1.82) is 0 Å². The number of rotatable bonds is 3. The fourth-order valence-corrected chi connectivity index (χ4v) is 2.09. The molecule has 1 aliphatic rings. The van der Waals surface area contributed by atoms with Crippen LogP contribution in [0, 0.1) is 5.92 Å². The number of likely N-dealkylation sites (tertiary alicyclic amines) is 1. The zero-order chi connectivity index (χ0) is 10.6.